The number of halogens is 2. The number of ether oxygens (including phenoxy) is 1. The predicted molar refractivity (Wildman–Crippen MR) is 79.4 cm³/mol. The van der Waals surface area contributed by atoms with Crippen LogP contribution in [0, 0.1) is 0 Å². The lowest BCUT2D eigenvalue weighted by Gasteiger charge is -2.10. The third-order valence-corrected chi connectivity index (χ3v) is 3.98. The topological polar surface area (TPSA) is 38.3 Å². The molecule has 100 valence electrons. The Morgan fingerprint density at radius 2 is 2.11 bits per heavy atom. The van der Waals surface area contributed by atoms with E-state index in [1.54, 1.807) is 29.5 Å². The van der Waals surface area contributed by atoms with Crippen molar-refractivity contribution in [3.05, 3.63) is 50.1 Å². The highest BCUT2D eigenvalue weighted by Gasteiger charge is 2.12. The lowest BCUT2D eigenvalue weighted by atomic mass is 10.2. The van der Waals surface area contributed by atoms with E-state index >= 15 is 0 Å². The van der Waals surface area contributed by atoms with Gasteiger partial charge in [-0.15, -0.1) is 11.3 Å². The first-order chi connectivity index (χ1) is 9.10. The summed E-state index contributed by atoms with van der Waals surface area (Å²) in [6, 6.07) is 6.86. The van der Waals surface area contributed by atoms with Crippen molar-refractivity contribution in [1.29, 1.82) is 0 Å². The molecule has 1 heterocycles. The monoisotopic (exact) mass is 315 g/mol. The number of anilines is 1. The van der Waals surface area contributed by atoms with Crippen LogP contribution in [0.25, 0.3) is 0 Å². The predicted octanol–water partition coefficient (Wildman–Crippen LogP) is 4.45. The van der Waals surface area contributed by atoms with Crippen LogP contribution in [0.2, 0.25) is 10.0 Å². The van der Waals surface area contributed by atoms with Crippen LogP contribution in [0.1, 0.15) is 15.2 Å². The number of benzene rings is 1. The Hall–Kier alpha value is -1.23. The average Bonchev–Trinajstić information content (AvgIpc) is 2.81. The van der Waals surface area contributed by atoms with Gasteiger partial charge in [-0.3, -0.25) is 0 Å². The highest BCUT2D eigenvalue weighted by molar-refractivity contribution is 7.10. The van der Waals surface area contributed by atoms with Crippen molar-refractivity contribution in [2.75, 3.05) is 12.4 Å². The van der Waals surface area contributed by atoms with Gasteiger partial charge in [0, 0.05) is 21.8 Å². The van der Waals surface area contributed by atoms with E-state index in [0.717, 1.165) is 4.88 Å². The van der Waals surface area contributed by atoms with E-state index in [2.05, 4.69) is 5.32 Å². The summed E-state index contributed by atoms with van der Waals surface area (Å²) in [7, 11) is 1.35. The summed E-state index contributed by atoms with van der Waals surface area (Å²) < 4.78 is 4.73. The lowest BCUT2D eigenvalue weighted by Crippen LogP contribution is -2.07. The van der Waals surface area contributed by atoms with Crippen LogP contribution in [0.4, 0.5) is 5.69 Å². The summed E-state index contributed by atoms with van der Waals surface area (Å²) >= 11 is 13.3. The molecule has 3 nitrogen and oxygen atoms in total. The molecule has 0 unspecified atom stereocenters. The van der Waals surface area contributed by atoms with Gasteiger partial charge in [-0.25, -0.2) is 4.79 Å². The van der Waals surface area contributed by atoms with E-state index in [1.807, 2.05) is 11.4 Å². The van der Waals surface area contributed by atoms with Gasteiger partial charge in [0.1, 0.15) is 0 Å². The van der Waals surface area contributed by atoms with E-state index in [1.165, 1.54) is 7.11 Å². The van der Waals surface area contributed by atoms with Crippen LogP contribution in [0.15, 0.2) is 29.6 Å². The molecule has 0 spiro atoms. The number of esters is 1. The largest absolute Gasteiger partial charge is 0.465 e. The SMILES string of the molecule is COC(=O)c1ccc(Cl)cc1NCc1cc(Cl)cs1. The summed E-state index contributed by atoms with van der Waals surface area (Å²) in [5, 5.41) is 6.29. The normalized spacial score (nSPS) is 10.3. The van der Waals surface area contributed by atoms with Crippen molar-refractivity contribution in [3.63, 3.8) is 0 Å². The minimum atomic E-state index is -0.400. The summed E-state index contributed by atoms with van der Waals surface area (Å²) in [6.07, 6.45) is 0. The number of rotatable bonds is 4. The zero-order valence-corrected chi connectivity index (χ0v) is 12.4. The van der Waals surface area contributed by atoms with Gasteiger partial charge >= 0.3 is 5.97 Å². The Labute approximate surface area is 125 Å². The molecule has 6 heteroatoms. The van der Waals surface area contributed by atoms with Crippen LogP contribution in [0.5, 0.6) is 0 Å². The lowest BCUT2D eigenvalue weighted by molar-refractivity contribution is 0.0602. The number of nitrogens with one attached hydrogen (secondary N) is 1. The van der Waals surface area contributed by atoms with Crippen LogP contribution < -0.4 is 5.32 Å². The van der Waals surface area contributed by atoms with E-state index in [9.17, 15) is 4.79 Å². The standard InChI is InChI=1S/C13H11Cl2NO2S/c1-18-13(17)11-3-2-8(14)5-12(11)16-6-10-4-9(15)7-19-10/h2-5,7,16H,6H2,1H3. The van der Waals surface area contributed by atoms with Gasteiger partial charge < -0.3 is 10.1 Å². The molecule has 1 N–H and O–H groups in total. The first-order valence-electron chi connectivity index (χ1n) is 5.45. The second-order valence-corrected chi connectivity index (χ2v) is 5.63. The van der Waals surface area contributed by atoms with Crippen LogP contribution in [0.3, 0.4) is 0 Å². The number of carbonyl (C=O) groups excluding carboxylic acids is 1. The minimum Gasteiger partial charge on any atom is -0.465 e. The maximum absolute atomic E-state index is 11.6. The molecule has 0 fully saturated rings. The first kappa shape index (κ1) is 14.2. The van der Waals surface area contributed by atoms with Gasteiger partial charge in [0.15, 0.2) is 0 Å². The summed E-state index contributed by atoms with van der Waals surface area (Å²) in [6.45, 7) is 0.571. The molecule has 1 aromatic heterocycles. The van der Waals surface area contributed by atoms with Crippen molar-refractivity contribution in [3.8, 4) is 0 Å². The van der Waals surface area contributed by atoms with Gasteiger partial charge in [-0.2, -0.15) is 0 Å². The highest BCUT2D eigenvalue weighted by Crippen LogP contribution is 2.24. The molecule has 0 aliphatic carbocycles. The van der Waals surface area contributed by atoms with Crippen molar-refractivity contribution in [2.24, 2.45) is 0 Å². The molecule has 0 aliphatic heterocycles. The van der Waals surface area contributed by atoms with Gasteiger partial charge in [-0.1, -0.05) is 23.2 Å². The average molecular weight is 316 g/mol. The molecular formula is C13H11Cl2NO2S. The van der Waals surface area contributed by atoms with Crippen molar-refractivity contribution >= 4 is 46.2 Å². The third-order valence-electron chi connectivity index (χ3n) is 2.46. The third kappa shape index (κ3) is 3.62. The fraction of sp³-hybridized carbons (Fsp3) is 0.154. The van der Waals surface area contributed by atoms with Crippen molar-refractivity contribution in [1.82, 2.24) is 0 Å². The Balaban J connectivity index is 2.18. The van der Waals surface area contributed by atoms with E-state index in [-0.39, 0.29) is 0 Å². The van der Waals surface area contributed by atoms with Crippen LogP contribution >= 0.6 is 34.5 Å². The number of hydrogen-bond acceptors (Lipinski definition) is 4. The molecule has 0 bridgehead atoms. The van der Waals surface area contributed by atoms with E-state index in [0.29, 0.717) is 27.8 Å². The summed E-state index contributed by atoms with van der Waals surface area (Å²) in [5.41, 5.74) is 1.10. The van der Waals surface area contributed by atoms with Gasteiger partial charge in [0.25, 0.3) is 0 Å². The van der Waals surface area contributed by atoms with Gasteiger partial charge in [0.05, 0.1) is 23.4 Å². The Bertz CT molecular complexity index is 598. The minimum absolute atomic E-state index is 0.400. The number of methoxy groups -OCH3 is 1. The van der Waals surface area contributed by atoms with Crippen LogP contribution in [-0.4, -0.2) is 13.1 Å². The molecule has 0 radical (unpaired) electrons. The molecule has 0 amide bonds. The number of hydrogen-bond donors (Lipinski definition) is 1. The second kappa shape index (κ2) is 6.28. The second-order valence-electron chi connectivity index (χ2n) is 3.77. The number of thiophene rings is 1. The molecular weight excluding hydrogens is 305 g/mol. The maximum Gasteiger partial charge on any atom is 0.339 e. The van der Waals surface area contributed by atoms with Gasteiger partial charge in [-0.05, 0) is 24.3 Å². The fourth-order valence-corrected chi connectivity index (χ4v) is 2.76. The molecule has 1 aromatic carbocycles. The van der Waals surface area contributed by atoms with Gasteiger partial charge in [0.2, 0.25) is 0 Å². The van der Waals surface area contributed by atoms with Crippen LogP contribution in [-0.2, 0) is 11.3 Å². The molecule has 2 aromatic rings. The molecule has 0 saturated carbocycles. The Morgan fingerprint density at radius 3 is 2.74 bits per heavy atom. The fourth-order valence-electron chi connectivity index (χ4n) is 1.58. The van der Waals surface area contributed by atoms with E-state index < -0.39 is 5.97 Å². The number of carbonyl (C=O) groups is 1. The highest BCUT2D eigenvalue weighted by atomic mass is 35.5. The van der Waals surface area contributed by atoms with Crippen molar-refractivity contribution < 1.29 is 9.53 Å². The maximum atomic E-state index is 11.6. The molecule has 0 saturated heterocycles. The molecule has 0 atom stereocenters. The Morgan fingerprint density at radius 1 is 1.32 bits per heavy atom. The zero-order chi connectivity index (χ0) is 13.8. The quantitative estimate of drug-likeness (QED) is 0.847. The first-order valence-corrected chi connectivity index (χ1v) is 7.08. The molecule has 19 heavy (non-hydrogen) atoms. The Kier molecular flexibility index (Phi) is 4.69. The molecule has 0 aliphatic rings. The zero-order valence-electron chi connectivity index (χ0n) is 10.1. The molecule has 2 rings (SSSR count). The van der Waals surface area contributed by atoms with E-state index in [4.69, 9.17) is 27.9 Å². The summed E-state index contributed by atoms with van der Waals surface area (Å²) in [5.74, 6) is -0.400. The van der Waals surface area contributed by atoms with Crippen molar-refractivity contribution in [2.45, 2.75) is 6.54 Å². The summed E-state index contributed by atoms with van der Waals surface area (Å²) in [4.78, 5) is 12.7. The smallest absolute Gasteiger partial charge is 0.339 e.